The molecule has 1 aliphatic heterocycles. The van der Waals surface area contributed by atoms with Crippen LogP contribution in [0.4, 0.5) is 10.5 Å². The summed E-state index contributed by atoms with van der Waals surface area (Å²) in [5.41, 5.74) is 1.41. The maximum absolute atomic E-state index is 13.7. The number of imide groups is 1. The molecule has 2 heterocycles. The molecule has 8 heteroatoms. The van der Waals surface area contributed by atoms with Crippen molar-refractivity contribution in [3.63, 3.8) is 0 Å². The zero-order valence-electron chi connectivity index (χ0n) is 20.8. The molecule has 186 valence electrons. The first kappa shape index (κ1) is 24.7. The van der Waals surface area contributed by atoms with E-state index in [9.17, 15) is 14.4 Å². The van der Waals surface area contributed by atoms with Gasteiger partial charge in [0, 0.05) is 5.69 Å². The second-order valence-electron chi connectivity index (χ2n) is 9.44. The van der Waals surface area contributed by atoms with E-state index < -0.39 is 11.6 Å². The summed E-state index contributed by atoms with van der Waals surface area (Å²) in [6, 6.07) is 10.6. The van der Waals surface area contributed by atoms with Gasteiger partial charge in [-0.15, -0.1) is 0 Å². The summed E-state index contributed by atoms with van der Waals surface area (Å²) >= 11 is 0. The molecule has 1 saturated carbocycles. The number of urea groups is 1. The lowest BCUT2D eigenvalue weighted by Gasteiger charge is -2.38. The summed E-state index contributed by atoms with van der Waals surface area (Å²) in [6.07, 6.45) is 7.17. The molecule has 0 bridgehead atoms. The van der Waals surface area contributed by atoms with Crippen LogP contribution in [0, 0.1) is 6.92 Å². The third kappa shape index (κ3) is 4.88. The van der Waals surface area contributed by atoms with E-state index in [0.29, 0.717) is 24.3 Å². The summed E-state index contributed by atoms with van der Waals surface area (Å²) in [7, 11) is 1.60. The Morgan fingerprint density at radius 3 is 2.60 bits per heavy atom. The van der Waals surface area contributed by atoms with Crippen LogP contribution in [0.3, 0.4) is 0 Å². The van der Waals surface area contributed by atoms with Crippen molar-refractivity contribution >= 4 is 23.5 Å². The van der Waals surface area contributed by atoms with Crippen LogP contribution < -0.4 is 15.0 Å². The van der Waals surface area contributed by atoms with Crippen molar-refractivity contribution in [2.75, 3.05) is 18.6 Å². The van der Waals surface area contributed by atoms with Gasteiger partial charge in [-0.05, 0) is 56.0 Å². The van der Waals surface area contributed by atoms with E-state index in [4.69, 9.17) is 4.74 Å². The topological polar surface area (TPSA) is 91.8 Å². The van der Waals surface area contributed by atoms with Crippen LogP contribution in [0.15, 0.2) is 42.6 Å². The Morgan fingerprint density at radius 1 is 1.17 bits per heavy atom. The maximum atomic E-state index is 13.7. The van der Waals surface area contributed by atoms with E-state index in [2.05, 4.69) is 10.3 Å². The molecule has 1 saturated heterocycles. The number of aryl methyl sites for hydroxylation is 1. The molecular formula is C27H34N4O4. The minimum absolute atomic E-state index is 0.239. The van der Waals surface area contributed by atoms with Crippen LogP contribution in [0.1, 0.15) is 69.2 Å². The Hall–Kier alpha value is -3.42. The van der Waals surface area contributed by atoms with Crippen LogP contribution in [-0.2, 0) is 9.59 Å². The van der Waals surface area contributed by atoms with Gasteiger partial charge < -0.3 is 10.1 Å². The average molecular weight is 479 g/mol. The molecule has 35 heavy (non-hydrogen) atoms. The highest BCUT2D eigenvalue weighted by Crippen LogP contribution is 2.43. The lowest BCUT2D eigenvalue weighted by molar-refractivity contribution is -0.135. The SMILES string of the molecule is CCCC(NC(=O)CN1C(=O)N(c2ccc(C)nc2)C2(CCCCC2)C1=O)c1cccc(OC)c1. The molecule has 4 rings (SSSR count). The Morgan fingerprint density at radius 2 is 1.94 bits per heavy atom. The Bertz CT molecular complexity index is 1080. The number of ether oxygens (including phenoxy) is 1. The summed E-state index contributed by atoms with van der Waals surface area (Å²) in [6.45, 7) is 3.62. The molecule has 2 fully saturated rings. The van der Waals surface area contributed by atoms with E-state index in [1.54, 1.807) is 18.2 Å². The molecule has 4 amide bonds. The number of nitrogens with zero attached hydrogens (tertiary/aromatic N) is 3. The molecule has 1 aromatic heterocycles. The first-order chi connectivity index (χ1) is 16.9. The van der Waals surface area contributed by atoms with E-state index in [1.807, 2.05) is 50.2 Å². The molecule has 1 spiro atoms. The molecule has 8 nitrogen and oxygen atoms in total. The Labute approximate surface area is 206 Å². The number of hydrogen-bond donors (Lipinski definition) is 1. The summed E-state index contributed by atoms with van der Waals surface area (Å²) in [4.78, 5) is 47.5. The van der Waals surface area contributed by atoms with Crippen molar-refractivity contribution < 1.29 is 19.1 Å². The number of aromatic nitrogens is 1. The molecule has 1 N–H and O–H groups in total. The average Bonchev–Trinajstić information content (AvgIpc) is 3.06. The van der Waals surface area contributed by atoms with Crippen LogP contribution in [0.5, 0.6) is 5.75 Å². The van der Waals surface area contributed by atoms with Crippen LogP contribution in [-0.4, -0.2) is 46.9 Å². The minimum Gasteiger partial charge on any atom is -0.497 e. The normalized spacial score (nSPS) is 18.1. The van der Waals surface area contributed by atoms with Crippen molar-refractivity contribution in [3.05, 3.63) is 53.9 Å². The number of amides is 4. The lowest BCUT2D eigenvalue weighted by atomic mass is 9.80. The van der Waals surface area contributed by atoms with Crippen molar-refractivity contribution in [2.24, 2.45) is 0 Å². The van der Waals surface area contributed by atoms with E-state index in [-0.39, 0.29) is 24.4 Å². The Balaban J connectivity index is 1.56. The molecule has 1 atom stereocenters. The maximum Gasteiger partial charge on any atom is 0.332 e. The standard InChI is InChI=1S/C27H34N4O4/c1-4-9-23(20-10-8-11-22(16-20)35-3)29-24(32)18-30-25(33)27(14-6-5-7-15-27)31(26(30)34)21-13-12-19(2)28-17-21/h8,10-13,16-17,23H,4-7,9,14-15,18H2,1-3H3,(H,29,32). The van der Waals surface area contributed by atoms with Crippen LogP contribution in [0.25, 0.3) is 0 Å². The predicted molar refractivity (Wildman–Crippen MR) is 133 cm³/mol. The molecule has 1 unspecified atom stereocenters. The number of benzene rings is 1. The molecule has 1 aliphatic carbocycles. The van der Waals surface area contributed by atoms with Gasteiger partial charge in [-0.2, -0.15) is 0 Å². The van der Waals surface area contributed by atoms with Crippen molar-refractivity contribution in [3.8, 4) is 5.75 Å². The summed E-state index contributed by atoms with van der Waals surface area (Å²) in [5, 5.41) is 3.04. The molecule has 1 aromatic carbocycles. The number of pyridine rings is 1. The monoisotopic (exact) mass is 478 g/mol. The van der Waals surface area contributed by atoms with Gasteiger partial charge in [0.2, 0.25) is 5.91 Å². The summed E-state index contributed by atoms with van der Waals surface area (Å²) in [5.74, 6) is 0.0681. The number of rotatable bonds is 8. The molecule has 2 aromatic rings. The largest absolute Gasteiger partial charge is 0.497 e. The highest BCUT2D eigenvalue weighted by molar-refractivity contribution is 6.18. The van der Waals surface area contributed by atoms with Gasteiger partial charge in [-0.3, -0.25) is 24.4 Å². The third-order valence-corrected chi connectivity index (χ3v) is 7.04. The zero-order valence-corrected chi connectivity index (χ0v) is 20.8. The van der Waals surface area contributed by atoms with Gasteiger partial charge >= 0.3 is 6.03 Å². The van der Waals surface area contributed by atoms with Gasteiger partial charge in [0.05, 0.1) is 25.0 Å². The zero-order chi connectivity index (χ0) is 25.0. The summed E-state index contributed by atoms with van der Waals surface area (Å²) < 4.78 is 5.33. The fourth-order valence-corrected chi connectivity index (χ4v) is 5.25. The predicted octanol–water partition coefficient (Wildman–Crippen LogP) is 4.53. The third-order valence-electron chi connectivity index (χ3n) is 7.04. The van der Waals surface area contributed by atoms with Gasteiger partial charge in [-0.25, -0.2) is 4.79 Å². The first-order valence-electron chi connectivity index (χ1n) is 12.4. The number of hydrogen-bond acceptors (Lipinski definition) is 5. The highest BCUT2D eigenvalue weighted by Gasteiger charge is 2.58. The van der Waals surface area contributed by atoms with Gasteiger partial charge in [0.15, 0.2) is 0 Å². The van der Waals surface area contributed by atoms with Gasteiger partial charge in [-0.1, -0.05) is 44.7 Å². The first-order valence-corrected chi connectivity index (χ1v) is 12.4. The second kappa shape index (κ2) is 10.5. The van der Waals surface area contributed by atoms with Crippen LogP contribution in [0.2, 0.25) is 0 Å². The number of anilines is 1. The molecule has 2 aliphatic rings. The van der Waals surface area contributed by atoms with Gasteiger partial charge in [0.25, 0.3) is 5.91 Å². The fourth-order valence-electron chi connectivity index (χ4n) is 5.25. The van der Waals surface area contributed by atoms with Crippen LogP contribution >= 0.6 is 0 Å². The quantitative estimate of drug-likeness (QED) is 0.563. The van der Waals surface area contributed by atoms with E-state index in [1.165, 1.54) is 0 Å². The molecular weight excluding hydrogens is 444 g/mol. The number of carbonyl (C=O) groups is 3. The molecule has 0 radical (unpaired) electrons. The fraction of sp³-hybridized carbons (Fsp3) is 0.481. The van der Waals surface area contributed by atoms with E-state index in [0.717, 1.165) is 48.3 Å². The lowest BCUT2D eigenvalue weighted by Crippen LogP contribution is -2.51. The number of nitrogens with one attached hydrogen (secondary N) is 1. The van der Waals surface area contributed by atoms with Gasteiger partial charge in [0.1, 0.15) is 17.8 Å². The van der Waals surface area contributed by atoms with Crippen molar-refractivity contribution in [1.82, 2.24) is 15.2 Å². The highest BCUT2D eigenvalue weighted by atomic mass is 16.5. The van der Waals surface area contributed by atoms with E-state index >= 15 is 0 Å². The Kier molecular flexibility index (Phi) is 7.38. The number of methoxy groups -OCH3 is 1. The number of carbonyl (C=O) groups excluding carboxylic acids is 3. The van der Waals surface area contributed by atoms with Crippen molar-refractivity contribution in [1.29, 1.82) is 0 Å². The second-order valence-corrected chi connectivity index (χ2v) is 9.44. The minimum atomic E-state index is -0.942. The smallest absolute Gasteiger partial charge is 0.332 e. The van der Waals surface area contributed by atoms with Crippen molar-refractivity contribution in [2.45, 2.75) is 70.4 Å².